The molecule has 0 saturated carbocycles. The summed E-state index contributed by atoms with van der Waals surface area (Å²) in [5.74, 6) is 0.486. The maximum absolute atomic E-state index is 9.60. The SMILES string of the molecule is CC(C)CN[C@@H]1C=C[C@H](O)[C@H](O)[C@H]1O. The number of hydrogen-bond donors (Lipinski definition) is 4. The van der Waals surface area contributed by atoms with Crippen LogP contribution in [0.4, 0.5) is 0 Å². The molecule has 0 spiro atoms. The standard InChI is InChI=1S/C10H19NO3/c1-6(2)5-11-7-3-4-8(12)10(14)9(7)13/h3-4,6-14H,5H2,1-2H3/t7-,8+,9+,10+/m1/s1. The van der Waals surface area contributed by atoms with E-state index in [4.69, 9.17) is 0 Å². The number of nitrogens with one attached hydrogen (secondary N) is 1. The number of aliphatic hydroxyl groups is 3. The van der Waals surface area contributed by atoms with E-state index in [-0.39, 0.29) is 6.04 Å². The van der Waals surface area contributed by atoms with Crippen molar-refractivity contribution in [3.63, 3.8) is 0 Å². The maximum atomic E-state index is 9.60. The van der Waals surface area contributed by atoms with E-state index in [1.54, 1.807) is 6.08 Å². The third kappa shape index (κ3) is 2.78. The number of rotatable bonds is 3. The van der Waals surface area contributed by atoms with Crippen LogP contribution in [0, 0.1) is 5.92 Å². The molecule has 0 aromatic heterocycles. The van der Waals surface area contributed by atoms with Crippen LogP contribution in [0.3, 0.4) is 0 Å². The van der Waals surface area contributed by atoms with Crippen molar-refractivity contribution in [1.82, 2.24) is 5.32 Å². The van der Waals surface area contributed by atoms with E-state index in [0.717, 1.165) is 6.54 Å². The van der Waals surface area contributed by atoms with E-state index in [2.05, 4.69) is 19.2 Å². The van der Waals surface area contributed by atoms with Gasteiger partial charge >= 0.3 is 0 Å². The number of aliphatic hydroxyl groups excluding tert-OH is 3. The molecule has 0 radical (unpaired) electrons. The molecule has 14 heavy (non-hydrogen) atoms. The molecule has 0 unspecified atom stereocenters. The monoisotopic (exact) mass is 201 g/mol. The summed E-state index contributed by atoms with van der Waals surface area (Å²) in [6.45, 7) is 4.91. The molecule has 4 atom stereocenters. The Balaban J connectivity index is 2.49. The molecule has 0 saturated heterocycles. The van der Waals surface area contributed by atoms with Crippen LogP contribution >= 0.6 is 0 Å². The van der Waals surface area contributed by atoms with Gasteiger partial charge < -0.3 is 20.6 Å². The first-order valence-corrected chi connectivity index (χ1v) is 4.98. The molecule has 0 amide bonds. The Morgan fingerprint density at radius 2 is 1.79 bits per heavy atom. The van der Waals surface area contributed by atoms with E-state index < -0.39 is 18.3 Å². The zero-order valence-corrected chi connectivity index (χ0v) is 8.59. The first-order chi connectivity index (χ1) is 6.52. The molecule has 4 N–H and O–H groups in total. The highest BCUT2D eigenvalue weighted by Crippen LogP contribution is 2.13. The van der Waals surface area contributed by atoms with Crippen LogP contribution in [0.1, 0.15) is 13.8 Å². The van der Waals surface area contributed by atoms with Crippen LogP contribution in [-0.2, 0) is 0 Å². The molecule has 1 aliphatic rings. The lowest BCUT2D eigenvalue weighted by molar-refractivity contribution is -0.0567. The van der Waals surface area contributed by atoms with Crippen LogP contribution in [0.5, 0.6) is 0 Å². The lowest BCUT2D eigenvalue weighted by Gasteiger charge is -2.31. The predicted molar refractivity (Wildman–Crippen MR) is 53.8 cm³/mol. The highest BCUT2D eigenvalue weighted by molar-refractivity contribution is 5.10. The summed E-state index contributed by atoms with van der Waals surface area (Å²) in [4.78, 5) is 0. The van der Waals surface area contributed by atoms with Gasteiger partial charge in [0, 0.05) is 0 Å². The molecule has 0 aliphatic heterocycles. The van der Waals surface area contributed by atoms with Gasteiger partial charge in [-0.25, -0.2) is 0 Å². The molecule has 4 heteroatoms. The van der Waals surface area contributed by atoms with Crippen molar-refractivity contribution in [3.8, 4) is 0 Å². The Morgan fingerprint density at radius 3 is 2.36 bits per heavy atom. The average molecular weight is 201 g/mol. The fourth-order valence-electron chi connectivity index (χ4n) is 1.44. The summed E-state index contributed by atoms with van der Waals surface area (Å²) in [6.07, 6.45) is 0.223. The van der Waals surface area contributed by atoms with E-state index in [9.17, 15) is 15.3 Å². The van der Waals surface area contributed by atoms with Gasteiger partial charge in [-0.3, -0.25) is 0 Å². The molecule has 0 aromatic carbocycles. The van der Waals surface area contributed by atoms with Gasteiger partial charge in [0.25, 0.3) is 0 Å². The van der Waals surface area contributed by atoms with Crippen molar-refractivity contribution in [2.24, 2.45) is 5.92 Å². The van der Waals surface area contributed by atoms with Gasteiger partial charge in [0.05, 0.1) is 6.04 Å². The van der Waals surface area contributed by atoms with Crippen LogP contribution in [0.15, 0.2) is 12.2 Å². The second-order valence-corrected chi connectivity index (χ2v) is 4.18. The minimum absolute atomic E-state index is 0.268. The summed E-state index contributed by atoms with van der Waals surface area (Å²) in [5.41, 5.74) is 0. The minimum Gasteiger partial charge on any atom is -0.388 e. The third-order valence-corrected chi connectivity index (χ3v) is 2.35. The third-order valence-electron chi connectivity index (χ3n) is 2.35. The minimum atomic E-state index is -1.09. The predicted octanol–water partition coefficient (Wildman–Crippen LogP) is -0.747. The first kappa shape index (κ1) is 11.7. The van der Waals surface area contributed by atoms with Crippen molar-refractivity contribution in [1.29, 1.82) is 0 Å². The Morgan fingerprint density at radius 1 is 1.14 bits per heavy atom. The Hall–Kier alpha value is -0.420. The van der Waals surface area contributed by atoms with Gasteiger partial charge in [0.15, 0.2) is 0 Å². The molecule has 82 valence electrons. The van der Waals surface area contributed by atoms with Crippen LogP contribution < -0.4 is 5.32 Å². The molecule has 0 aromatic rings. The quantitative estimate of drug-likeness (QED) is 0.454. The first-order valence-electron chi connectivity index (χ1n) is 4.98. The summed E-state index contributed by atoms with van der Waals surface area (Å²) in [6, 6.07) is -0.268. The largest absolute Gasteiger partial charge is 0.388 e. The van der Waals surface area contributed by atoms with Crippen LogP contribution in [-0.4, -0.2) is 46.2 Å². The highest BCUT2D eigenvalue weighted by atomic mass is 16.4. The van der Waals surface area contributed by atoms with Gasteiger partial charge in [-0.1, -0.05) is 26.0 Å². The van der Waals surface area contributed by atoms with E-state index in [1.807, 2.05) is 0 Å². The van der Waals surface area contributed by atoms with Crippen molar-refractivity contribution < 1.29 is 15.3 Å². The second kappa shape index (κ2) is 4.89. The molecule has 0 fully saturated rings. The van der Waals surface area contributed by atoms with Gasteiger partial charge in [-0.2, -0.15) is 0 Å². The molecule has 1 aliphatic carbocycles. The zero-order chi connectivity index (χ0) is 10.7. The molecular weight excluding hydrogens is 182 g/mol. The molecule has 0 heterocycles. The average Bonchev–Trinajstić information content (AvgIpc) is 2.13. The van der Waals surface area contributed by atoms with E-state index >= 15 is 0 Å². The number of hydrogen-bond acceptors (Lipinski definition) is 4. The van der Waals surface area contributed by atoms with E-state index in [0.29, 0.717) is 5.92 Å². The summed E-state index contributed by atoms with van der Waals surface area (Å²) < 4.78 is 0. The normalized spacial score (nSPS) is 37.9. The summed E-state index contributed by atoms with van der Waals surface area (Å²) >= 11 is 0. The lowest BCUT2D eigenvalue weighted by Crippen LogP contribution is -2.52. The van der Waals surface area contributed by atoms with Crippen LogP contribution in [0.25, 0.3) is 0 Å². The van der Waals surface area contributed by atoms with Crippen molar-refractivity contribution in [2.45, 2.75) is 38.2 Å². The fourth-order valence-corrected chi connectivity index (χ4v) is 1.44. The summed E-state index contributed by atoms with van der Waals surface area (Å²) in [7, 11) is 0. The Labute approximate surface area is 84.3 Å². The Bertz CT molecular complexity index is 206. The molecular formula is C10H19NO3. The smallest absolute Gasteiger partial charge is 0.111 e. The van der Waals surface area contributed by atoms with Crippen LogP contribution in [0.2, 0.25) is 0 Å². The van der Waals surface area contributed by atoms with Gasteiger partial charge in [0.1, 0.15) is 18.3 Å². The topological polar surface area (TPSA) is 72.7 Å². The van der Waals surface area contributed by atoms with Gasteiger partial charge in [-0.15, -0.1) is 0 Å². The van der Waals surface area contributed by atoms with Crippen molar-refractivity contribution >= 4 is 0 Å². The second-order valence-electron chi connectivity index (χ2n) is 4.18. The summed E-state index contributed by atoms with van der Waals surface area (Å²) in [5, 5.41) is 31.3. The van der Waals surface area contributed by atoms with E-state index in [1.165, 1.54) is 6.08 Å². The van der Waals surface area contributed by atoms with Crippen molar-refractivity contribution in [3.05, 3.63) is 12.2 Å². The van der Waals surface area contributed by atoms with Gasteiger partial charge in [0.2, 0.25) is 0 Å². The molecule has 4 nitrogen and oxygen atoms in total. The molecule has 1 rings (SSSR count). The molecule has 0 bridgehead atoms. The Kier molecular flexibility index (Phi) is 4.07. The zero-order valence-electron chi connectivity index (χ0n) is 8.59. The van der Waals surface area contributed by atoms with Crippen molar-refractivity contribution in [2.75, 3.05) is 6.54 Å². The lowest BCUT2D eigenvalue weighted by atomic mass is 9.94. The maximum Gasteiger partial charge on any atom is 0.111 e. The highest BCUT2D eigenvalue weighted by Gasteiger charge is 2.32. The van der Waals surface area contributed by atoms with Gasteiger partial charge in [-0.05, 0) is 12.5 Å². The fraction of sp³-hybridized carbons (Fsp3) is 0.800.